The van der Waals surface area contributed by atoms with E-state index in [0.717, 1.165) is 79.0 Å². The Balaban J connectivity index is 1.09. The number of hydrogen-bond acceptors (Lipinski definition) is 10. The smallest absolute Gasteiger partial charge is 0.222 e. The number of nitrogens with zero attached hydrogens (tertiary/aromatic N) is 7. The zero-order valence-corrected chi connectivity index (χ0v) is 24.1. The van der Waals surface area contributed by atoms with Crippen molar-refractivity contribution in [1.29, 1.82) is 0 Å². The molecule has 1 fully saturated rings. The summed E-state index contributed by atoms with van der Waals surface area (Å²) < 4.78 is 12.2. The monoisotopic (exact) mass is 575 g/mol. The lowest BCUT2D eigenvalue weighted by atomic mass is 9.88. The highest BCUT2D eigenvalue weighted by atomic mass is 35.5. The van der Waals surface area contributed by atoms with E-state index < -0.39 is 5.60 Å². The van der Waals surface area contributed by atoms with Crippen molar-refractivity contribution in [3.05, 3.63) is 70.0 Å². The number of aromatic amines is 1. The number of fused-ring (bicyclic) bond motifs is 3. The molecule has 12 heteroatoms. The number of anilines is 2. The standard InChI is InChI=1S/C29H34ClN9O2/c1-29(2,27-34-36-37-35-27)41-16-15-38-11-13-39(14-12-38)26-24-9-5-20-17-22(40-18-19-3-6-21(30)7-4-19)8-10-23(20)25(24)32-28(31)33-26/h3-4,6-8,10,17H,5,9,11-16,18H2,1-2H3,(H2,31,32,33)(H,34,35,36,37). The van der Waals surface area contributed by atoms with Crippen molar-refractivity contribution in [2.24, 2.45) is 0 Å². The third-order valence-electron chi connectivity index (χ3n) is 7.76. The lowest BCUT2D eigenvalue weighted by Gasteiger charge is -2.37. The third-order valence-corrected chi connectivity index (χ3v) is 8.01. The quantitative estimate of drug-likeness (QED) is 0.305. The SMILES string of the molecule is CC(C)(OCCN1CCN(c2nc(N)nc3c2CCc2cc(OCc4ccc(Cl)cc4)ccc2-3)CC1)c1nnn[nH]1. The molecule has 11 nitrogen and oxygen atoms in total. The highest BCUT2D eigenvalue weighted by Crippen LogP contribution is 2.38. The molecule has 2 aliphatic rings. The molecular formula is C29H34ClN9O2. The van der Waals surface area contributed by atoms with E-state index in [1.54, 1.807) is 0 Å². The first kappa shape index (κ1) is 27.4. The van der Waals surface area contributed by atoms with Crippen LogP contribution in [-0.2, 0) is 29.8 Å². The van der Waals surface area contributed by atoms with E-state index in [0.29, 0.717) is 25.0 Å². The van der Waals surface area contributed by atoms with Crippen LogP contribution in [0.15, 0.2) is 42.5 Å². The van der Waals surface area contributed by atoms with Gasteiger partial charge in [0.15, 0.2) is 5.82 Å². The number of halogens is 1. The molecule has 4 aromatic rings. The molecule has 2 aromatic carbocycles. The number of H-pyrrole nitrogens is 1. The van der Waals surface area contributed by atoms with Crippen molar-refractivity contribution >= 4 is 23.4 Å². The molecule has 1 aliphatic carbocycles. The maximum absolute atomic E-state index is 6.25. The van der Waals surface area contributed by atoms with E-state index in [1.165, 1.54) is 11.1 Å². The van der Waals surface area contributed by atoms with Crippen LogP contribution in [0.5, 0.6) is 5.75 Å². The largest absolute Gasteiger partial charge is 0.489 e. The number of hydrogen-bond donors (Lipinski definition) is 2. The average Bonchev–Trinajstić information content (AvgIpc) is 3.53. The average molecular weight is 576 g/mol. The van der Waals surface area contributed by atoms with Gasteiger partial charge in [-0.3, -0.25) is 4.90 Å². The molecule has 0 atom stereocenters. The van der Waals surface area contributed by atoms with E-state index in [2.05, 4.69) is 47.5 Å². The summed E-state index contributed by atoms with van der Waals surface area (Å²) in [6.45, 7) is 9.39. The second-order valence-electron chi connectivity index (χ2n) is 10.9. The van der Waals surface area contributed by atoms with Gasteiger partial charge in [0.25, 0.3) is 0 Å². The van der Waals surface area contributed by atoms with Gasteiger partial charge in [0, 0.05) is 48.9 Å². The Labute approximate surface area is 244 Å². The summed E-state index contributed by atoms with van der Waals surface area (Å²) in [5.41, 5.74) is 11.2. The van der Waals surface area contributed by atoms with Gasteiger partial charge in [0.2, 0.25) is 5.95 Å². The maximum atomic E-state index is 6.25. The minimum Gasteiger partial charge on any atom is -0.489 e. The number of rotatable bonds is 9. The number of nitrogens with two attached hydrogens (primary N) is 1. The van der Waals surface area contributed by atoms with Crippen molar-refractivity contribution in [3.8, 4) is 17.0 Å². The molecule has 0 radical (unpaired) electrons. The van der Waals surface area contributed by atoms with Gasteiger partial charge in [-0.2, -0.15) is 4.98 Å². The van der Waals surface area contributed by atoms with Crippen molar-refractivity contribution in [2.75, 3.05) is 50.0 Å². The fourth-order valence-electron chi connectivity index (χ4n) is 5.40. The van der Waals surface area contributed by atoms with E-state index in [-0.39, 0.29) is 0 Å². The molecule has 6 rings (SSSR count). The maximum Gasteiger partial charge on any atom is 0.222 e. The van der Waals surface area contributed by atoms with Gasteiger partial charge in [0.05, 0.1) is 12.3 Å². The Morgan fingerprint density at radius 2 is 1.83 bits per heavy atom. The Morgan fingerprint density at radius 1 is 1.02 bits per heavy atom. The first-order valence-electron chi connectivity index (χ1n) is 13.9. The zero-order chi connectivity index (χ0) is 28.4. The van der Waals surface area contributed by atoms with Crippen LogP contribution >= 0.6 is 11.6 Å². The van der Waals surface area contributed by atoms with Crippen LogP contribution in [0.3, 0.4) is 0 Å². The summed E-state index contributed by atoms with van der Waals surface area (Å²) >= 11 is 6.00. The molecule has 0 saturated carbocycles. The summed E-state index contributed by atoms with van der Waals surface area (Å²) in [5.74, 6) is 2.72. The number of aryl methyl sites for hydroxylation is 1. The Morgan fingerprint density at radius 3 is 2.59 bits per heavy atom. The molecular weight excluding hydrogens is 542 g/mol. The van der Waals surface area contributed by atoms with Gasteiger partial charge < -0.3 is 20.1 Å². The minimum atomic E-state index is -0.567. The number of piperazine rings is 1. The summed E-state index contributed by atoms with van der Waals surface area (Å²) in [6, 6.07) is 13.9. The number of nitrogens with one attached hydrogen (secondary N) is 1. The topological polar surface area (TPSA) is 131 Å². The van der Waals surface area contributed by atoms with E-state index in [9.17, 15) is 0 Å². The van der Waals surface area contributed by atoms with Crippen molar-refractivity contribution < 1.29 is 9.47 Å². The molecule has 3 N–H and O–H groups in total. The van der Waals surface area contributed by atoms with Crippen LogP contribution in [0.1, 0.15) is 36.4 Å². The van der Waals surface area contributed by atoms with Crippen LogP contribution in [0.2, 0.25) is 5.02 Å². The number of tetrazole rings is 1. The second-order valence-corrected chi connectivity index (χ2v) is 11.3. The van der Waals surface area contributed by atoms with Gasteiger partial charge in [-0.05, 0) is 78.6 Å². The Bertz CT molecular complexity index is 1490. The van der Waals surface area contributed by atoms with Crippen LogP contribution in [-0.4, -0.2) is 74.8 Å². The first-order chi connectivity index (χ1) is 19.9. The van der Waals surface area contributed by atoms with Crippen LogP contribution in [0, 0.1) is 0 Å². The van der Waals surface area contributed by atoms with Gasteiger partial charge in [0.1, 0.15) is 23.8 Å². The minimum absolute atomic E-state index is 0.301. The Kier molecular flexibility index (Phi) is 7.74. The normalized spacial score (nSPS) is 15.4. The molecule has 2 aromatic heterocycles. The predicted molar refractivity (Wildman–Crippen MR) is 157 cm³/mol. The second kappa shape index (κ2) is 11.6. The summed E-state index contributed by atoms with van der Waals surface area (Å²) in [4.78, 5) is 14.1. The lowest BCUT2D eigenvalue weighted by molar-refractivity contribution is -0.0369. The van der Waals surface area contributed by atoms with Crippen LogP contribution in [0.4, 0.5) is 11.8 Å². The first-order valence-corrected chi connectivity index (χ1v) is 14.3. The van der Waals surface area contributed by atoms with Crippen LogP contribution in [0.25, 0.3) is 11.3 Å². The van der Waals surface area contributed by atoms with E-state index >= 15 is 0 Å². The predicted octanol–water partition coefficient (Wildman–Crippen LogP) is 3.64. The van der Waals surface area contributed by atoms with Gasteiger partial charge in [-0.1, -0.05) is 23.7 Å². The summed E-state index contributed by atoms with van der Waals surface area (Å²) in [6.07, 6.45) is 1.76. The van der Waals surface area contributed by atoms with Crippen molar-refractivity contribution in [1.82, 2.24) is 35.5 Å². The highest BCUT2D eigenvalue weighted by Gasteiger charge is 2.29. The fraction of sp³-hybridized carbons (Fsp3) is 0.414. The van der Waals surface area contributed by atoms with E-state index in [4.69, 9.17) is 31.8 Å². The fourth-order valence-corrected chi connectivity index (χ4v) is 5.53. The molecule has 0 bridgehead atoms. The van der Waals surface area contributed by atoms with Gasteiger partial charge >= 0.3 is 0 Å². The molecule has 3 heterocycles. The van der Waals surface area contributed by atoms with Crippen molar-refractivity contribution in [2.45, 2.75) is 38.9 Å². The molecule has 41 heavy (non-hydrogen) atoms. The molecule has 1 aliphatic heterocycles. The summed E-state index contributed by atoms with van der Waals surface area (Å²) in [5, 5.41) is 14.8. The van der Waals surface area contributed by atoms with Crippen LogP contribution < -0.4 is 15.4 Å². The molecule has 214 valence electrons. The summed E-state index contributed by atoms with van der Waals surface area (Å²) in [7, 11) is 0. The number of benzene rings is 2. The molecule has 0 spiro atoms. The lowest BCUT2D eigenvalue weighted by Crippen LogP contribution is -2.48. The van der Waals surface area contributed by atoms with Gasteiger partial charge in [-0.15, -0.1) is 5.10 Å². The highest BCUT2D eigenvalue weighted by molar-refractivity contribution is 6.30. The third kappa shape index (κ3) is 6.12. The number of ether oxygens (including phenoxy) is 2. The van der Waals surface area contributed by atoms with Gasteiger partial charge in [-0.25, -0.2) is 10.1 Å². The molecule has 1 saturated heterocycles. The Hall–Kier alpha value is -3.80. The molecule has 0 unspecified atom stereocenters. The van der Waals surface area contributed by atoms with Crippen molar-refractivity contribution in [3.63, 3.8) is 0 Å². The number of nitrogen functional groups attached to an aromatic ring is 1. The molecule has 0 amide bonds. The zero-order valence-electron chi connectivity index (χ0n) is 23.3. The number of aromatic nitrogens is 6. The van der Waals surface area contributed by atoms with E-state index in [1.807, 2.05) is 44.2 Å².